The summed E-state index contributed by atoms with van der Waals surface area (Å²) < 4.78 is 4.75. The first-order valence-electron chi connectivity index (χ1n) is 7.70. The van der Waals surface area contributed by atoms with Crippen LogP contribution in [0.15, 0.2) is 48.5 Å². The standard InChI is InChI=1S/C19H22N2O3/c1-20-18(22)16-9-7-14(8-10-16)12-21(2)13-15-5-4-6-17(11-15)19(23)24-3/h4-11H,12-13H2,1-3H3,(H,20,22). The molecule has 5 heteroatoms. The topological polar surface area (TPSA) is 58.6 Å². The number of amides is 1. The van der Waals surface area contributed by atoms with E-state index >= 15 is 0 Å². The summed E-state index contributed by atoms with van der Waals surface area (Å²) in [6.45, 7) is 1.46. The predicted octanol–water partition coefficient (Wildman–Crippen LogP) is 2.46. The summed E-state index contributed by atoms with van der Waals surface area (Å²) in [7, 11) is 5.01. The van der Waals surface area contributed by atoms with Crippen LogP contribution in [0.2, 0.25) is 0 Å². The van der Waals surface area contributed by atoms with E-state index in [0.717, 1.165) is 17.7 Å². The lowest BCUT2D eigenvalue weighted by atomic mass is 10.1. The Morgan fingerprint density at radius 3 is 2.29 bits per heavy atom. The molecule has 0 fully saturated rings. The molecule has 0 aliphatic heterocycles. The molecule has 126 valence electrons. The van der Waals surface area contributed by atoms with Crippen molar-refractivity contribution in [2.75, 3.05) is 21.2 Å². The Hall–Kier alpha value is -2.66. The van der Waals surface area contributed by atoms with Gasteiger partial charge in [0.15, 0.2) is 0 Å². The maximum atomic E-state index is 11.6. The van der Waals surface area contributed by atoms with Gasteiger partial charge < -0.3 is 10.1 Å². The fourth-order valence-electron chi connectivity index (χ4n) is 2.50. The molecule has 0 radical (unpaired) electrons. The van der Waals surface area contributed by atoms with Crippen molar-refractivity contribution in [2.24, 2.45) is 0 Å². The van der Waals surface area contributed by atoms with Crippen molar-refractivity contribution in [1.29, 1.82) is 0 Å². The van der Waals surface area contributed by atoms with Gasteiger partial charge in [-0.2, -0.15) is 0 Å². The maximum Gasteiger partial charge on any atom is 0.337 e. The Kier molecular flexibility index (Phi) is 6.09. The summed E-state index contributed by atoms with van der Waals surface area (Å²) in [6, 6.07) is 15.0. The molecule has 0 bridgehead atoms. The molecule has 0 heterocycles. The third-order valence-electron chi connectivity index (χ3n) is 3.70. The third-order valence-corrected chi connectivity index (χ3v) is 3.70. The van der Waals surface area contributed by atoms with E-state index in [-0.39, 0.29) is 11.9 Å². The highest BCUT2D eigenvalue weighted by molar-refractivity contribution is 5.93. The van der Waals surface area contributed by atoms with Gasteiger partial charge in [-0.05, 0) is 42.4 Å². The number of benzene rings is 2. The van der Waals surface area contributed by atoms with Crippen molar-refractivity contribution >= 4 is 11.9 Å². The minimum Gasteiger partial charge on any atom is -0.465 e. The average molecular weight is 326 g/mol. The van der Waals surface area contributed by atoms with Crippen LogP contribution in [0, 0.1) is 0 Å². The zero-order valence-corrected chi connectivity index (χ0v) is 14.2. The summed E-state index contributed by atoms with van der Waals surface area (Å²) in [4.78, 5) is 25.3. The van der Waals surface area contributed by atoms with Crippen molar-refractivity contribution in [1.82, 2.24) is 10.2 Å². The second-order valence-corrected chi connectivity index (χ2v) is 5.64. The first kappa shape index (κ1) is 17.7. The summed E-state index contributed by atoms with van der Waals surface area (Å²) >= 11 is 0. The summed E-state index contributed by atoms with van der Waals surface area (Å²) in [5.74, 6) is -0.418. The molecule has 2 aromatic carbocycles. The van der Waals surface area contributed by atoms with Crippen molar-refractivity contribution in [3.05, 3.63) is 70.8 Å². The molecule has 2 aromatic rings. The van der Waals surface area contributed by atoms with Crippen molar-refractivity contribution < 1.29 is 14.3 Å². The molecule has 1 N–H and O–H groups in total. The van der Waals surface area contributed by atoms with Gasteiger partial charge in [-0.25, -0.2) is 4.79 Å². The molecule has 2 rings (SSSR count). The van der Waals surface area contributed by atoms with E-state index in [4.69, 9.17) is 4.74 Å². The molecular formula is C19H22N2O3. The molecule has 0 atom stereocenters. The zero-order valence-electron chi connectivity index (χ0n) is 14.2. The third kappa shape index (κ3) is 4.67. The summed E-state index contributed by atoms with van der Waals surface area (Å²) in [5, 5.41) is 2.61. The number of ether oxygens (including phenoxy) is 1. The van der Waals surface area contributed by atoms with Gasteiger partial charge in [0.05, 0.1) is 12.7 Å². The molecule has 0 aliphatic carbocycles. The van der Waals surface area contributed by atoms with Gasteiger partial charge in [0.2, 0.25) is 0 Å². The normalized spacial score (nSPS) is 10.5. The molecular weight excluding hydrogens is 304 g/mol. The Balaban J connectivity index is 1.99. The zero-order chi connectivity index (χ0) is 17.5. The van der Waals surface area contributed by atoms with Crippen molar-refractivity contribution in [2.45, 2.75) is 13.1 Å². The van der Waals surface area contributed by atoms with E-state index in [2.05, 4.69) is 10.2 Å². The van der Waals surface area contributed by atoms with E-state index in [1.54, 1.807) is 13.1 Å². The number of esters is 1. The van der Waals surface area contributed by atoms with E-state index in [1.807, 2.05) is 49.5 Å². The molecule has 1 amide bonds. The highest BCUT2D eigenvalue weighted by Crippen LogP contribution is 2.12. The van der Waals surface area contributed by atoms with Gasteiger partial charge in [0.1, 0.15) is 0 Å². The lowest BCUT2D eigenvalue weighted by molar-refractivity contribution is 0.0600. The number of hydrogen-bond donors (Lipinski definition) is 1. The Morgan fingerprint density at radius 2 is 1.67 bits per heavy atom. The molecule has 0 aliphatic rings. The van der Waals surface area contributed by atoms with Crippen LogP contribution in [0.4, 0.5) is 0 Å². The number of carbonyl (C=O) groups excluding carboxylic acids is 2. The molecule has 24 heavy (non-hydrogen) atoms. The minimum absolute atomic E-state index is 0.0884. The van der Waals surface area contributed by atoms with Crippen molar-refractivity contribution in [3.63, 3.8) is 0 Å². The van der Waals surface area contributed by atoms with Crippen LogP contribution in [0.5, 0.6) is 0 Å². The van der Waals surface area contributed by atoms with Crippen LogP contribution >= 0.6 is 0 Å². The molecule has 5 nitrogen and oxygen atoms in total. The van der Waals surface area contributed by atoms with Crippen molar-refractivity contribution in [3.8, 4) is 0 Å². The van der Waals surface area contributed by atoms with Crippen LogP contribution in [-0.2, 0) is 17.8 Å². The van der Waals surface area contributed by atoms with Gasteiger partial charge in [-0.1, -0.05) is 24.3 Å². The lowest BCUT2D eigenvalue weighted by Gasteiger charge is -2.17. The monoisotopic (exact) mass is 326 g/mol. The van der Waals surface area contributed by atoms with E-state index in [0.29, 0.717) is 17.7 Å². The first-order valence-corrected chi connectivity index (χ1v) is 7.70. The number of rotatable bonds is 6. The fraction of sp³-hybridized carbons (Fsp3) is 0.263. The number of carbonyl (C=O) groups is 2. The smallest absolute Gasteiger partial charge is 0.337 e. The van der Waals surface area contributed by atoms with Gasteiger partial charge in [-0.15, -0.1) is 0 Å². The number of nitrogens with one attached hydrogen (secondary N) is 1. The number of methoxy groups -OCH3 is 1. The second-order valence-electron chi connectivity index (χ2n) is 5.64. The quantitative estimate of drug-likeness (QED) is 0.829. The largest absolute Gasteiger partial charge is 0.465 e. The van der Waals surface area contributed by atoms with Crippen LogP contribution in [0.25, 0.3) is 0 Å². The minimum atomic E-state index is -0.329. The fourth-order valence-corrected chi connectivity index (χ4v) is 2.50. The number of nitrogens with zero attached hydrogens (tertiary/aromatic N) is 1. The SMILES string of the molecule is CNC(=O)c1ccc(CN(C)Cc2cccc(C(=O)OC)c2)cc1. The average Bonchev–Trinajstić information content (AvgIpc) is 2.61. The Morgan fingerprint density at radius 1 is 1.00 bits per heavy atom. The molecule has 0 saturated heterocycles. The highest BCUT2D eigenvalue weighted by atomic mass is 16.5. The van der Waals surface area contributed by atoms with Crippen LogP contribution < -0.4 is 5.32 Å². The highest BCUT2D eigenvalue weighted by Gasteiger charge is 2.08. The predicted molar refractivity (Wildman–Crippen MR) is 92.8 cm³/mol. The van der Waals surface area contributed by atoms with Gasteiger partial charge >= 0.3 is 5.97 Å². The summed E-state index contributed by atoms with van der Waals surface area (Å²) in [5.41, 5.74) is 3.37. The van der Waals surface area contributed by atoms with Gasteiger partial charge in [-0.3, -0.25) is 9.69 Å². The molecule has 0 unspecified atom stereocenters. The molecule has 0 aromatic heterocycles. The van der Waals surface area contributed by atoms with Gasteiger partial charge in [0, 0.05) is 25.7 Å². The Bertz CT molecular complexity index is 711. The van der Waals surface area contributed by atoms with E-state index in [9.17, 15) is 9.59 Å². The summed E-state index contributed by atoms with van der Waals surface area (Å²) in [6.07, 6.45) is 0. The maximum absolute atomic E-state index is 11.6. The van der Waals surface area contributed by atoms with E-state index in [1.165, 1.54) is 7.11 Å². The van der Waals surface area contributed by atoms with Crippen LogP contribution in [-0.4, -0.2) is 38.0 Å². The second kappa shape index (κ2) is 8.26. The molecule has 0 saturated carbocycles. The Labute approximate surface area is 142 Å². The van der Waals surface area contributed by atoms with Crippen LogP contribution in [0.3, 0.4) is 0 Å². The van der Waals surface area contributed by atoms with Gasteiger partial charge in [0.25, 0.3) is 5.91 Å². The first-order chi connectivity index (χ1) is 11.5. The van der Waals surface area contributed by atoms with Crippen LogP contribution in [0.1, 0.15) is 31.8 Å². The van der Waals surface area contributed by atoms with E-state index < -0.39 is 0 Å². The molecule has 0 spiro atoms. The lowest BCUT2D eigenvalue weighted by Crippen LogP contribution is -2.19. The number of hydrogen-bond acceptors (Lipinski definition) is 4.